The highest BCUT2D eigenvalue weighted by atomic mass is 32.2. The summed E-state index contributed by atoms with van der Waals surface area (Å²) >= 11 is 0. The molecule has 8 aromatic heterocycles. The average Bonchev–Trinajstić information content (AvgIpc) is 1.76. The number of nitrogens with zero attached hydrogens (tertiary/aromatic N) is 17. The van der Waals surface area contributed by atoms with Gasteiger partial charge < -0.3 is 0 Å². The van der Waals surface area contributed by atoms with Crippen LogP contribution in [-0.4, -0.2) is 152 Å². The zero-order valence-electron chi connectivity index (χ0n) is 47.5. The monoisotopic (exact) mass is 1270 g/mol. The van der Waals surface area contributed by atoms with Crippen molar-refractivity contribution in [3.63, 3.8) is 0 Å². The van der Waals surface area contributed by atoms with Crippen LogP contribution < -0.4 is 0 Å². The Morgan fingerprint density at radius 2 is 1.09 bits per heavy atom. The fourth-order valence-corrected chi connectivity index (χ4v) is 15.5. The number of hydrogen-bond donors (Lipinski definition) is 0. The number of Topliss-reactive ketones (excluding diaryl/α,β-unsaturated/α-hetero) is 2. The molecule has 21 nitrogen and oxygen atoms in total. The lowest BCUT2D eigenvalue weighted by molar-refractivity contribution is -0.141. The van der Waals surface area contributed by atoms with Crippen molar-refractivity contribution in [2.45, 2.75) is 107 Å². The van der Waals surface area contributed by atoms with E-state index < -0.39 is 79.7 Å². The van der Waals surface area contributed by atoms with Crippen molar-refractivity contribution in [1.82, 2.24) is 82.6 Å². The molecule has 0 bridgehead atoms. The number of aryl methyl sites for hydroxylation is 4. The molecule has 8 aromatic rings. The molecule has 0 amide bonds. The first-order valence-electron chi connectivity index (χ1n) is 27.3. The number of aromatic nitrogens is 15. The van der Waals surface area contributed by atoms with Crippen molar-refractivity contribution in [3.8, 4) is 11.4 Å². The van der Waals surface area contributed by atoms with Crippen LogP contribution in [0.25, 0.3) is 23.5 Å². The molecule has 0 saturated heterocycles. The minimum Gasteiger partial charge on any atom is -0.298 e. The molecule has 4 aliphatic carbocycles. The van der Waals surface area contributed by atoms with E-state index in [9.17, 15) is 53.1 Å². The van der Waals surface area contributed by atoms with Crippen LogP contribution in [0.5, 0.6) is 0 Å². The second-order valence-corrected chi connectivity index (χ2v) is 26.5. The third kappa shape index (κ3) is 12.5. The molecule has 2 unspecified atom stereocenters. The molecule has 2 fully saturated rings. The van der Waals surface area contributed by atoms with Crippen LogP contribution in [0, 0.1) is 36.6 Å². The molecule has 31 heteroatoms. The number of rotatable bonds is 14. The van der Waals surface area contributed by atoms with Crippen LogP contribution in [0.4, 0.5) is 35.1 Å². The molecule has 8 heterocycles. The number of pyridine rings is 4. The number of carbonyl (C=O) groups excluding carboxylic acids is 2. The lowest BCUT2D eigenvalue weighted by Crippen LogP contribution is -2.53. The van der Waals surface area contributed by atoms with Gasteiger partial charge >= 0.3 is 12.4 Å². The van der Waals surface area contributed by atoms with E-state index in [2.05, 4.69) is 67.1 Å². The lowest BCUT2D eigenvalue weighted by atomic mass is 9.60. The zero-order chi connectivity index (χ0) is 62.9. The fraction of sp³-hybridized carbons (Fsp3) is 0.362. The van der Waals surface area contributed by atoms with Crippen molar-refractivity contribution in [3.05, 3.63) is 161 Å². The molecule has 0 aromatic carbocycles. The first-order chi connectivity index (χ1) is 41.5. The predicted molar refractivity (Wildman–Crippen MR) is 312 cm³/mol. The number of allylic oxidation sites excluding steroid dienone is 2. The molecule has 2 saturated carbocycles. The minimum absolute atomic E-state index is 0. The summed E-state index contributed by atoms with van der Waals surface area (Å²) in [4.78, 5) is 57.4. The molecule has 0 radical (unpaired) electrons. The van der Waals surface area contributed by atoms with Crippen LogP contribution in [0.15, 0.2) is 114 Å². The standard InChI is InChI=1S/C29H28F4N8O2S.C28H27F4N9O2S.CH4/c1-18-8-9-34-22(10-18)26(42)28-12-20(41(15-29(31,32)33)44(3,43)27-37-16-39(2)38-27)5-4-19(28)11-24-23(13-28)36-17-40(24)21-6-7-25(30)35-14-21;1-17-8-9-33-21(10-17)25(42)27-12-19(40(15-28(30,31)32)44(3,43)26-35-16-39(2)37-26)5-4-18(27)11-23-22(13-27)36-38-41(23)20-6-7-24(29)34-14-20;/h6-11,14,16-17,20H,3-5,12-13,15H2,1-2H3;6-11,14,16,19H,3-5,12-13,15H2,1-2H3;1H4/t20-,28+,44?;19-,27+,44?;/m00./s1. The Kier molecular flexibility index (Phi) is 16.9. The predicted octanol–water partition coefficient (Wildman–Crippen LogP) is 8.34. The third-order valence-electron chi connectivity index (χ3n) is 16.2. The van der Waals surface area contributed by atoms with Gasteiger partial charge in [0, 0.05) is 51.4 Å². The largest absolute Gasteiger partial charge is 0.402 e. The van der Waals surface area contributed by atoms with E-state index in [0.717, 1.165) is 19.7 Å². The van der Waals surface area contributed by atoms with Crippen molar-refractivity contribution in [2.24, 2.45) is 24.9 Å². The molecule has 0 spiro atoms. The van der Waals surface area contributed by atoms with Gasteiger partial charge in [0.05, 0.1) is 76.8 Å². The summed E-state index contributed by atoms with van der Waals surface area (Å²) in [5, 5.41) is 15.9. The van der Waals surface area contributed by atoms with Gasteiger partial charge in [-0.05, 0) is 136 Å². The number of hydrogen-bond acceptors (Lipinski definition) is 15. The van der Waals surface area contributed by atoms with Crippen molar-refractivity contribution in [2.75, 3.05) is 13.1 Å². The van der Waals surface area contributed by atoms with Crippen LogP contribution in [0.2, 0.25) is 0 Å². The van der Waals surface area contributed by atoms with Crippen molar-refractivity contribution < 1.29 is 53.1 Å². The number of ketones is 2. The van der Waals surface area contributed by atoms with Gasteiger partial charge in [0.15, 0.2) is 11.6 Å². The first kappa shape index (κ1) is 63.5. The van der Waals surface area contributed by atoms with Crippen LogP contribution >= 0.6 is 0 Å². The Labute approximate surface area is 506 Å². The van der Waals surface area contributed by atoms with Gasteiger partial charge in [-0.2, -0.15) is 35.1 Å². The van der Waals surface area contributed by atoms with E-state index >= 15 is 0 Å². The quantitative estimate of drug-likeness (QED) is 0.0430. The van der Waals surface area contributed by atoms with Crippen molar-refractivity contribution >= 4 is 54.9 Å². The van der Waals surface area contributed by atoms with Crippen molar-refractivity contribution in [1.29, 1.82) is 0 Å². The van der Waals surface area contributed by atoms with E-state index in [-0.39, 0.29) is 92.1 Å². The Bertz CT molecular complexity index is 4040. The summed E-state index contributed by atoms with van der Waals surface area (Å²) in [6.45, 7) is 0.558. The molecule has 6 atom stereocenters. The number of carbonyl (C=O) groups is 2. The Balaban J connectivity index is 0.000000194. The van der Waals surface area contributed by atoms with Gasteiger partial charge in [-0.1, -0.05) is 23.8 Å². The Morgan fingerprint density at radius 1 is 0.629 bits per heavy atom. The summed E-state index contributed by atoms with van der Waals surface area (Å²) in [6, 6.07) is 10.2. The number of alkyl halides is 6. The molecular formula is C58H59F8N17O4S2. The van der Waals surface area contributed by atoms with E-state index in [4.69, 9.17) is 0 Å². The first-order valence-corrected chi connectivity index (χ1v) is 30.6. The summed E-state index contributed by atoms with van der Waals surface area (Å²) < 4.78 is 146. The van der Waals surface area contributed by atoms with Gasteiger partial charge in [0.1, 0.15) is 43.5 Å². The van der Waals surface area contributed by atoms with E-state index in [1.807, 2.05) is 13.0 Å². The molecule has 12 rings (SSSR count). The van der Waals surface area contributed by atoms with Crippen LogP contribution in [-0.2, 0) is 46.4 Å². The summed E-state index contributed by atoms with van der Waals surface area (Å²) in [5.41, 5.74) is 3.74. The number of imidazole rings is 1. The van der Waals surface area contributed by atoms with E-state index in [1.165, 1.54) is 83.8 Å². The summed E-state index contributed by atoms with van der Waals surface area (Å²) in [7, 11) is -4.60. The second-order valence-electron chi connectivity index (χ2n) is 22.3. The second kappa shape index (κ2) is 23.8. The molecule has 89 heavy (non-hydrogen) atoms. The van der Waals surface area contributed by atoms with Gasteiger partial charge in [-0.25, -0.2) is 46.6 Å². The Morgan fingerprint density at radius 3 is 1.52 bits per heavy atom. The minimum atomic E-state index is -4.73. The maximum atomic E-state index is 14.5. The normalized spacial score (nSPS) is 21.1. The van der Waals surface area contributed by atoms with Gasteiger partial charge in [0.25, 0.3) is 0 Å². The fourth-order valence-electron chi connectivity index (χ4n) is 12.1. The SMILES string of the molecule is C.C=S(=O)(c1ncn(C)n1)N(CC(F)(F)F)[C@H]1CCC2=Cc3c(ncn3-c3ccc(F)nc3)C[C@]2(C(=O)c2cc(C)ccn2)C1.C=S(=O)(c1ncn(C)n1)N(CC(F)(F)F)[C@H]1CCC2=Cc3c(nnn3-c3ccc(F)nc3)C[C@]2(C(=O)c2cc(C)ccn2)C1. The molecule has 0 aliphatic heterocycles. The van der Waals surface area contributed by atoms with E-state index in [0.29, 0.717) is 45.3 Å². The van der Waals surface area contributed by atoms with Crippen LogP contribution in [0.3, 0.4) is 0 Å². The zero-order valence-corrected chi connectivity index (χ0v) is 49.2. The number of fused-ring (bicyclic) bond motifs is 4. The molecular weight excluding hydrogens is 1210 g/mol. The third-order valence-corrected chi connectivity index (χ3v) is 20.1. The topological polar surface area (TPSA) is 236 Å². The average molecular weight is 1270 g/mol. The molecule has 0 N–H and O–H groups in total. The van der Waals surface area contributed by atoms with Crippen LogP contribution in [0.1, 0.15) is 101 Å². The van der Waals surface area contributed by atoms with E-state index in [1.54, 1.807) is 54.2 Å². The number of halogens is 8. The van der Waals surface area contributed by atoms with Gasteiger partial charge in [-0.3, -0.25) is 33.5 Å². The summed E-state index contributed by atoms with van der Waals surface area (Å²) in [5.74, 6) is 5.31. The maximum Gasteiger partial charge on any atom is 0.402 e. The van der Waals surface area contributed by atoms with Gasteiger partial charge in [0.2, 0.25) is 22.2 Å². The lowest BCUT2D eigenvalue weighted by Gasteiger charge is -2.47. The molecule has 4 aliphatic rings. The highest BCUT2D eigenvalue weighted by Gasteiger charge is 2.55. The van der Waals surface area contributed by atoms with Gasteiger partial charge in [-0.15, -0.1) is 15.3 Å². The smallest absolute Gasteiger partial charge is 0.298 e. The Hall–Kier alpha value is -8.55. The molecule has 468 valence electrons. The summed E-state index contributed by atoms with van der Waals surface area (Å²) in [6.07, 6.45) is 4.46. The highest BCUT2D eigenvalue weighted by Crippen LogP contribution is 2.53. The maximum absolute atomic E-state index is 14.5. The highest BCUT2D eigenvalue weighted by molar-refractivity contribution is 7.98.